The van der Waals surface area contributed by atoms with Crippen LogP contribution in [0.5, 0.6) is 0 Å². The molecule has 0 radical (unpaired) electrons. The van der Waals surface area contributed by atoms with E-state index in [0.717, 1.165) is 36.8 Å². The summed E-state index contributed by atoms with van der Waals surface area (Å²) in [5, 5.41) is 0. The van der Waals surface area contributed by atoms with Crippen molar-refractivity contribution in [1.82, 2.24) is 0 Å². The SMILES string of the molecule is CC(N)CCC1c2ccccc2CCc2cc(F)c(F)cc21. The highest BCUT2D eigenvalue weighted by Gasteiger charge is 2.25. The van der Waals surface area contributed by atoms with Gasteiger partial charge in [0, 0.05) is 12.0 Å². The van der Waals surface area contributed by atoms with E-state index < -0.39 is 11.6 Å². The summed E-state index contributed by atoms with van der Waals surface area (Å²) >= 11 is 0. The molecule has 0 saturated heterocycles. The maximum Gasteiger partial charge on any atom is 0.159 e. The molecule has 0 amide bonds. The fraction of sp³-hybridized carbons (Fsp3) is 0.368. The standard InChI is InChI=1S/C19H21F2N/c1-12(22)6-9-16-15-5-3-2-4-13(15)7-8-14-10-18(20)19(21)11-17(14)16/h2-5,10-12,16H,6-9,22H2,1H3. The van der Waals surface area contributed by atoms with Gasteiger partial charge >= 0.3 is 0 Å². The Balaban J connectivity index is 2.10. The van der Waals surface area contributed by atoms with E-state index in [4.69, 9.17) is 5.73 Å². The van der Waals surface area contributed by atoms with Crippen LogP contribution in [0.4, 0.5) is 8.78 Å². The number of fused-ring (bicyclic) bond motifs is 2. The smallest absolute Gasteiger partial charge is 0.159 e. The van der Waals surface area contributed by atoms with E-state index in [0.29, 0.717) is 0 Å². The predicted octanol–water partition coefficient (Wildman–Crippen LogP) is 4.32. The third-order valence-electron chi connectivity index (χ3n) is 4.56. The molecule has 2 atom stereocenters. The molecule has 2 aromatic rings. The van der Waals surface area contributed by atoms with Crippen molar-refractivity contribution in [1.29, 1.82) is 0 Å². The second-order valence-electron chi connectivity index (χ2n) is 6.27. The van der Waals surface area contributed by atoms with Crippen LogP contribution in [0, 0.1) is 11.6 Å². The third kappa shape index (κ3) is 2.91. The number of benzene rings is 2. The summed E-state index contributed by atoms with van der Waals surface area (Å²) < 4.78 is 27.4. The molecule has 116 valence electrons. The number of rotatable bonds is 3. The number of hydrogen-bond acceptors (Lipinski definition) is 1. The lowest BCUT2D eigenvalue weighted by Gasteiger charge is -2.21. The first kappa shape index (κ1) is 15.2. The highest BCUT2D eigenvalue weighted by Crippen LogP contribution is 2.38. The Morgan fingerprint density at radius 2 is 1.73 bits per heavy atom. The minimum absolute atomic E-state index is 0.0924. The minimum Gasteiger partial charge on any atom is -0.328 e. The van der Waals surface area contributed by atoms with Crippen LogP contribution >= 0.6 is 0 Å². The molecule has 0 aromatic heterocycles. The summed E-state index contributed by atoms with van der Waals surface area (Å²) in [6.07, 6.45) is 3.32. The minimum atomic E-state index is -0.760. The van der Waals surface area contributed by atoms with Gasteiger partial charge in [-0.05, 0) is 67.0 Å². The van der Waals surface area contributed by atoms with Crippen molar-refractivity contribution < 1.29 is 8.78 Å². The Morgan fingerprint density at radius 3 is 2.50 bits per heavy atom. The lowest BCUT2D eigenvalue weighted by atomic mass is 9.84. The van der Waals surface area contributed by atoms with Gasteiger partial charge < -0.3 is 5.73 Å². The number of hydrogen-bond donors (Lipinski definition) is 1. The average Bonchev–Trinajstić information content (AvgIpc) is 2.63. The van der Waals surface area contributed by atoms with Crippen LogP contribution in [0.15, 0.2) is 36.4 Å². The van der Waals surface area contributed by atoms with E-state index in [1.54, 1.807) is 0 Å². The van der Waals surface area contributed by atoms with Crippen molar-refractivity contribution in [3.8, 4) is 0 Å². The summed E-state index contributed by atoms with van der Waals surface area (Å²) in [5.74, 6) is -1.42. The summed E-state index contributed by atoms with van der Waals surface area (Å²) in [6.45, 7) is 1.98. The molecular weight excluding hydrogens is 280 g/mol. The average molecular weight is 301 g/mol. The maximum atomic E-state index is 13.8. The Kier molecular flexibility index (Phi) is 4.25. The topological polar surface area (TPSA) is 26.0 Å². The maximum absolute atomic E-state index is 13.8. The monoisotopic (exact) mass is 301 g/mol. The van der Waals surface area contributed by atoms with Gasteiger partial charge in [0.05, 0.1) is 0 Å². The van der Waals surface area contributed by atoms with Crippen LogP contribution in [0.2, 0.25) is 0 Å². The Bertz CT molecular complexity index is 679. The van der Waals surface area contributed by atoms with Crippen LogP contribution in [0.25, 0.3) is 0 Å². The Hall–Kier alpha value is -1.74. The van der Waals surface area contributed by atoms with E-state index in [2.05, 4.69) is 12.1 Å². The second-order valence-corrected chi connectivity index (χ2v) is 6.27. The predicted molar refractivity (Wildman–Crippen MR) is 84.9 cm³/mol. The van der Waals surface area contributed by atoms with Crippen molar-refractivity contribution in [2.24, 2.45) is 5.73 Å². The van der Waals surface area contributed by atoms with E-state index in [9.17, 15) is 8.78 Å². The summed E-state index contributed by atoms with van der Waals surface area (Å²) in [7, 11) is 0. The first-order chi connectivity index (χ1) is 10.6. The molecule has 0 spiro atoms. The fourth-order valence-corrected chi connectivity index (χ4v) is 3.42. The Morgan fingerprint density at radius 1 is 1.05 bits per heavy atom. The molecule has 0 saturated carbocycles. The van der Waals surface area contributed by atoms with Crippen LogP contribution in [0.3, 0.4) is 0 Å². The first-order valence-corrected chi connectivity index (χ1v) is 7.87. The van der Waals surface area contributed by atoms with Gasteiger partial charge in [0.2, 0.25) is 0 Å². The van der Waals surface area contributed by atoms with Crippen LogP contribution in [-0.2, 0) is 12.8 Å². The van der Waals surface area contributed by atoms with E-state index in [-0.39, 0.29) is 12.0 Å². The Labute approximate surface area is 130 Å². The van der Waals surface area contributed by atoms with Crippen molar-refractivity contribution >= 4 is 0 Å². The van der Waals surface area contributed by atoms with Crippen molar-refractivity contribution in [2.45, 2.75) is 44.6 Å². The summed E-state index contributed by atoms with van der Waals surface area (Å²) in [6, 6.07) is 11.1. The molecule has 3 heteroatoms. The normalized spacial score (nSPS) is 18.3. The van der Waals surface area contributed by atoms with Gasteiger partial charge in [-0.2, -0.15) is 0 Å². The molecule has 3 rings (SSSR count). The molecule has 1 nitrogen and oxygen atoms in total. The zero-order valence-electron chi connectivity index (χ0n) is 12.8. The first-order valence-electron chi connectivity index (χ1n) is 7.87. The molecule has 2 N–H and O–H groups in total. The van der Waals surface area contributed by atoms with Crippen LogP contribution in [-0.4, -0.2) is 6.04 Å². The largest absolute Gasteiger partial charge is 0.328 e. The van der Waals surface area contributed by atoms with Gasteiger partial charge in [0.25, 0.3) is 0 Å². The molecular formula is C19H21F2N. The van der Waals surface area contributed by atoms with Crippen LogP contribution in [0.1, 0.15) is 47.9 Å². The second kappa shape index (κ2) is 6.17. The van der Waals surface area contributed by atoms with Crippen molar-refractivity contribution in [3.05, 3.63) is 70.3 Å². The zero-order chi connectivity index (χ0) is 15.7. The number of aryl methyl sites for hydroxylation is 2. The quantitative estimate of drug-likeness (QED) is 0.897. The molecule has 0 heterocycles. The molecule has 2 unspecified atom stereocenters. The molecule has 0 bridgehead atoms. The van der Waals surface area contributed by atoms with E-state index >= 15 is 0 Å². The molecule has 0 fully saturated rings. The van der Waals surface area contributed by atoms with E-state index in [1.165, 1.54) is 23.3 Å². The molecule has 1 aliphatic rings. The molecule has 2 aromatic carbocycles. The van der Waals surface area contributed by atoms with Gasteiger partial charge in [-0.3, -0.25) is 0 Å². The van der Waals surface area contributed by atoms with Gasteiger partial charge in [0.1, 0.15) is 0 Å². The van der Waals surface area contributed by atoms with Gasteiger partial charge in [-0.1, -0.05) is 24.3 Å². The molecule has 0 aliphatic heterocycles. The highest BCUT2D eigenvalue weighted by atomic mass is 19.2. The lowest BCUT2D eigenvalue weighted by molar-refractivity contribution is 0.502. The van der Waals surface area contributed by atoms with Gasteiger partial charge in [-0.15, -0.1) is 0 Å². The summed E-state index contributed by atoms with van der Waals surface area (Å²) in [4.78, 5) is 0. The number of halogens is 2. The highest BCUT2D eigenvalue weighted by molar-refractivity contribution is 5.45. The molecule has 1 aliphatic carbocycles. The lowest BCUT2D eigenvalue weighted by Crippen LogP contribution is -2.17. The van der Waals surface area contributed by atoms with Crippen LogP contribution < -0.4 is 5.73 Å². The fourth-order valence-electron chi connectivity index (χ4n) is 3.42. The van der Waals surface area contributed by atoms with Gasteiger partial charge in [0.15, 0.2) is 11.6 Å². The zero-order valence-corrected chi connectivity index (χ0v) is 12.8. The van der Waals surface area contributed by atoms with Gasteiger partial charge in [-0.25, -0.2) is 8.78 Å². The number of nitrogens with two attached hydrogens (primary N) is 1. The van der Waals surface area contributed by atoms with E-state index in [1.807, 2.05) is 19.1 Å². The third-order valence-corrected chi connectivity index (χ3v) is 4.56. The summed E-state index contributed by atoms with van der Waals surface area (Å²) in [5.41, 5.74) is 10.3. The molecule has 22 heavy (non-hydrogen) atoms. The van der Waals surface area contributed by atoms with Crippen molar-refractivity contribution in [2.75, 3.05) is 0 Å². The van der Waals surface area contributed by atoms with Crippen molar-refractivity contribution in [3.63, 3.8) is 0 Å².